The SMILES string of the molecule is COC(=O)c1ccc2c(c1)NC(=O)C2=C(Nc1cc(Cl)c(N(C)C(=O)CN(C)C)c(Cl)c1)c1ccccc1. The number of benzene rings is 3. The van der Waals surface area contributed by atoms with Crippen LogP contribution in [-0.4, -0.2) is 57.5 Å². The Morgan fingerprint density at radius 2 is 1.61 bits per heavy atom. The van der Waals surface area contributed by atoms with E-state index >= 15 is 0 Å². The summed E-state index contributed by atoms with van der Waals surface area (Å²) in [6.07, 6.45) is 0. The van der Waals surface area contributed by atoms with Gasteiger partial charge in [-0.15, -0.1) is 0 Å². The highest BCUT2D eigenvalue weighted by atomic mass is 35.5. The van der Waals surface area contributed by atoms with Crippen molar-refractivity contribution < 1.29 is 19.1 Å². The molecule has 0 aliphatic carbocycles. The molecule has 1 aliphatic rings. The standard InChI is InChI=1S/C28H26Cl2N4O4/c1-33(2)15-23(35)34(3)26-20(29)13-18(14-21(26)30)31-25(16-8-6-5-7-9-16)24-19-11-10-17(28(37)38-4)12-22(19)32-27(24)36/h5-14,31H,15H2,1-4H3,(H,32,36). The molecule has 2 N–H and O–H groups in total. The van der Waals surface area contributed by atoms with Crippen LogP contribution in [0.5, 0.6) is 0 Å². The molecule has 10 heteroatoms. The van der Waals surface area contributed by atoms with Crippen LogP contribution in [0, 0.1) is 0 Å². The number of carbonyl (C=O) groups excluding carboxylic acids is 3. The third-order valence-electron chi connectivity index (χ3n) is 5.94. The van der Waals surface area contributed by atoms with Crippen LogP contribution in [0.3, 0.4) is 0 Å². The van der Waals surface area contributed by atoms with Gasteiger partial charge in [-0.25, -0.2) is 4.79 Å². The molecule has 0 fully saturated rings. The Hall–Kier alpha value is -3.85. The fourth-order valence-electron chi connectivity index (χ4n) is 4.15. The number of likely N-dealkylation sites (N-methyl/N-ethyl adjacent to an activating group) is 2. The lowest BCUT2D eigenvalue weighted by Gasteiger charge is -2.23. The van der Waals surface area contributed by atoms with Gasteiger partial charge in [-0.3, -0.25) is 9.59 Å². The van der Waals surface area contributed by atoms with Crippen molar-refractivity contribution in [3.63, 3.8) is 0 Å². The van der Waals surface area contributed by atoms with Gasteiger partial charge in [0.05, 0.1) is 51.9 Å². The van der Waals surface area contributed by atoms with E-state index in [9.17, 15) is 14.4 Å². The molecule has 0 saturated heterocycles. The molecule has 1 heterocycles. The largest absolute Gasteiger partial charge is 0.465 e. The van der Waals surface area contributed by atoms with Gasteiger partial charge in [0.1, 0.15) is 0 Å². The van der Waals surface area contributed by atoms with Gasteiger partial charge in [-0.1, -0.05) is 59.6 Å². The Bertz CT molecular complexity index is 1430. The van der Waals surface area contributed by atoms with Crippen molar-refractivity contribution >= 4 is 69.3 Å². The average molecular weight is 553 g/mol. The molecule has 3 aromatic rings. The zero-order valence-electron chi connectivity index (χ0n) is 21.3. The van der Waals surface area contributed by atoms with Crippen molar-refractivity contribution in [3.05, 3.63) is 87.4 Å². The van der Waals surface area contributed by atoms with E-state index in [1.165, 1.54) is 12.0 Å². The third kappa shape index (κ3) is 5.52. The summed E-state index contributed by atoms with van der Waals surface area (Å²) in [4.78, 5) is 41.0. The molecule has 1 aliphatic heterocycles. The summed E-state index contributed by atoms with van der Waals surface area (Å²) in [7, 11) is 6.52. The average Bonchev–Trinajstić information content (AvgIpc) is 3.21. The molecular weight excluding hydrogens is 527 g/mol. The molecule has 0 unspecified atom stereocenters. The molecule has 3 aromatic carbocycles. The minimum Gasteiger partial charge on any atom is -0.465 e. The zero-order valence-corrected chi connectivity index (χ0v) is 22.8. The van der Waals surface area contributed by atoms with Gasteiger partial charge >= 0.3 is 5.97 Å². The third-order valence-corrected chi connectivity index (χ3v) is 6.52. The van der Waals surface area contributed by atoms with E-state index in [2.05, 4.69) is 10.6 Å². The van der Waals surface area contributed by atoms with Crippen LogP contribution in [0.1, 0.15) is 21.5 Å². The molecule has 38 heavy (non-hydrogen) atoms. The summed E-state index contributed by atoms with van der Waals surface area (Å²) in [5, 5.41) is 6.68. The molecule has 0 radical (unpaired) electrons. The van der Waals surface area contributed by atoms with Crippen LogP contribution in [0.15, 0.2) is 60.7 Å². The lowest BCUT2D eigenvalue weighted by molar-refractivity contribution is -0.119. The number of anilines is 3. The first-order valence-electron chi connectivity index (χ1n) is 11.6. The van der Waals surface area contributed by atoms with Crippen LogP contribution in [0.4, 0.5) is 17.1 Å². The lowest BCUT2D eigenvalue weighted by Crippen LogP contribution is -2.35. The van der Waals surface area contributed by atoms with E-state index in [4.69, 9.17) is 27.9 Å². The van der Waals surface area contributed by atoms with Crippen molar-refractivity contribution in [2.45, 2.75) is 0 Å². The molecule has 0 saturated carbocycles. The van der Waals surface area contributed by atoms with E-state index in [0.717, 1.165) is 5.56 Å². The second kappa shape index (κ2) is 11.3. The summed E-state index contributed by atoms with van der Waals surface area (Å²) in [5.74, 6) is -1.01. The number of amides is 2. The monoisotopic (exact) mass is 552 g/mol. The maximum atomic E-state index is 13.2. The Morgan fingerprint density at radius 1 is 0.947 bits per heavy atom. The van der Waals surface area contributed by atoms with Crippen LogP contribution < -0.4 is 15.5 Å². The van der Waals surface area contributed by atoms with Crippen molar-refractivity contribution in [2.24, 2.45) is 0 Å². The highest BCUT2D eigenvalue weighted by Gasteiger charge is 2.30. The molecule has 0 spiro atoms. The number of methoxy groups -OCH3 is 1. The van der Waals surface area contributed by atoms with Crippen molar-refractivity contribution in [1.29, 1.82) is 0 Å². The van der Waals surface area contributed by atoms with Gasteiger partial charge < -0.3 is 25.2 Å². The Labute approximate surface area is 230 Å². The van der Waals surface area contributed by atoms with Gasteiger partial charge in [-0.2, -0.15) is 0 Å². The van der Waals surface area contributed by atoms with E-state index < -0.39 is 5.97 Å². The van der Waals surface area contributed by atoms with E-state index in [1.807, 2.05) is 30.3 Å². The first kappa shape index (κ1) is 27.2. The highest BCUT2D eigenvalue weighted by molar-refractivity contribution is 6.41. The second-order valence-electron chi connectivity index (χ2n) is 8.93. The summed E-state index contributed by atoms with van der Waals surface area (Å²) in [6.45, 7) is 0.194. The summed E-state index contributed by atoms with van der Waals surface area (Å²) in [5.41, 5.74) is 4.01. The smallest absolute Gasteiger partial charge is 0.337 e. The molecule has 2 amide bonds. The normalized spacial score (nSPS) is 13.6. The van der Waals surface area contributed by atoms with Crippen molar-refractivity contribution in [1.82, 2.24) is 4.90 Å². The minimum atomic E-state index is -0.501. The topological polar surface area (TPSA) is 91.0 Å². The lowest BCUT2D eigenvalue weighted by atomic mass is 9.99. The number of nitrogens with one attached hydrogen (secondary N) is 2. The van der Waals surface area contributed by atoms with Gasteiger partial charge in [0.25, 0.3) is 5.91 Å². The van der Waals surface area contributed by atoms with Crippen molar-refractivity contribution in [3.8, 4) is 0 Å². The molecular formula is C28H26Cl2N4O4. The number of rotatable bonds is 7. The highest BCUT2D eigenvalue weighted by Crippen LogP contribution is 2.41. The van der Waals surface area contributed by atoms with Crippen LogP contribution >= 0.6 is 23.2 Å². The number of halogens is 2. The second-order valence-corrected chi connectivity index (χ2v) is 9.74. The predicted molar refractivity (Wildman–Crippen MR) is 152 cm³/mol. The van der Waals surface area contributed by atoms with Crippen LogP contribution in [0.2, 0.25) is 10.0 Å². The molecule has 0 bridgehead atoms. The quantitative estimate of drug-likeness (QED) is 0.308. The maximum absolute atomic E-state index is 13.2. The first-order chi connectivity index (χ1) is 18.1. The number of ether oxygens (including phenoxy) is 1. The summed E-state index contributed by atoms with van der Waals surface area (Å²) >= 11 is 13.2. The van der Waals surface area contributed by atoms with Crippen LogP contribution in [0.25, 0.3) is 11.3 Å². The van der Waals surface area contributed by atoms with E-state index in [0.29, 0.717) is 39.5 Å². The van der Waals surface area contributed by atoms with E-state index in [-0.39, 0.29) is 28.4 Å². The predicted octanol–water partition coefficient (Wildman–Crippen LogP) is 5.24. The first-order valence-corrected chi connectivity index (χ1v) is 12.4. The van der Waals surface area contributed by atoms with E-state index in [1.54, 1.807) is 56.4 Å². The van der Waals surface area contributed by atoms with Crippen LogP contribution in [-0.2, 0) is 14.3 Å². The Morgan fingerprint density at radius 3 is 2.21 bits per heavy atom. The Kier molecular flexibility index (Phi) is 8.06. The Balaban J connectivity index is 1.79. The molecule has 196 valence electrons. The van der Waals surface area contributed by atoms with Gasteiger partial charge in [0.2, 0.25) is 5.91 Å². The molecule has 0 aromatic heterocycles. The fourth-order valence-corrected chi connectivity index (χ4v) is 4.89. The minimum absolute atomic E-state index is 0.169. The zero-order chi connectivity index (χ0) is 27.6. The van der Waals surface area contributed by atoms with Gasteiger partial charge in [-0.05, 0) is 43.9 Å². The number of fused-ring (bicyclic) bond motifs is 1. The number of hydrogen-bond donors (Lipinski definition) is 2. The number of esters is 1. The summed E-state index contributed by atoms with van der Waals surface area (Å²) in [6, 6.07) is 17.5. The number of nitrogens with zero attached hydrogens (tertiary/aromatic N) is 2. The molecule has 8 nitrogen and oxygen atoms in total. The maximum Gasteiger partial charge on any atom is 0.337 e. The van der Waals surface area contributed by atoms with Gasteiger partial charge in [0.15, 0.2) is 0 Å². The molecule has 0 atom stereocenters. The molecule has 4 rings (SSSR count). The number of carbonyl (C=O) groups is 3. The fraction of sp³-hybridized carbons (Fsp3) is 0.179. The summed E-state index contributed by atoms with van der Waals surface area (Å²) < 4.78 is 4.80. The number of hydrogen-bond acceptors (Lipinski definition) is 6. The van der Waals surface area contributed by atoms with Gasteiger partial charge in [0, 0.05) is 18.3 Å². The van der Waals surface area contributed by atoms with Crippen molar-refractivity contribution in [2.75, 3.05) is 50.3 Å².